The lowest BCUT2D eigenvalue weighted by molar-refractivity contribution is 0.494. The van der Waals surface area contributed by atoms with Gasteiger partial charge in [-0.15, -0.1) is 0 Å². The van der Waals surface area contributed by atoms with Crippen LogP contribution in [0.5, 0.6) is 0 Å². The van der Waals surface area contributed by atoms with Crippen LogP contribution in [0.2, 0.25) is 5.02 Å². The summed E-state index contributed by atoms with van der Waals surface area (Å²) in [6, 6.07) is 8.15. The number of hydrogen-bond donors (Lipinski definition) is 0. The molecular formula is C20H20ClN5. The Balaban J connectivity index is 1.31. The monoisotopic (exact) mass is 365 g/mol. The molecule has 26 heavy (non-hydrogen) atoms. The molecule has 0 radical (unpaired) electrons. The van der Waals surface area contributed by atoms with E-state index in [1.807, 2.05) is 18.3 Å². The summed E-state index contributed by atoms with van der Waals surface area (Å²) in [7, 11) is 0. The smallest absolute Gasteiger partial charge is 0.159 e. The van der Waals surface area contributed by atoms with Gasteiger partial charge in [-0.25, -0.2) is 19.9 Å². The van der Waals surface area contributed by atoms with Crippen LogP contribution in [0.4, 0.5) is 5.82 Å². The maximum absolute atomic E-state index is 6.01. The van der Waals surface area contributed by atoms with Crippen LogP contribution in [0.25, 0.3) is 11.0 Å². The van der Waals surface area contributed by atoms with Crippen molar-refractivity contribution in [3.63, 3.8) is 0 Å². The molecule has 3 aromatic rings. The van der Waals surface area contributed by atoms with E-state index in [0.29, 0.717) is 16.9 Å². The molecule has 5 rings (SSSR count). The first kappa shape index (κ1) is 15.9. The number of halogens is 1. The van der Waals surface area contributed by atoms with E-state index < -0.39 is 0 Å². The Labute approximate surface area is 157 Å². The summed E-state index contributed by atoms with van der Waals surface area (Å²) in [6.07, 6.45) is 8.19. The number of nitrogens with zero attached hydrogens (tertiary/aromatic N) is 5. The van der Waals surface area contributed by atoms with Crippen LogP contribution < -0.4 is 4.90 Å². The molecule has 5 nitrogen and oxygen atoms in total. The fourth-order valence-electron chi connectivity index (χ4n) is 3.71. The van der Waals surface area contributed by atoms with E-state index in [0.717, 1.165) is 54.3 Å². The van der Waals surface area contributed by atoms with Crippen molar-refractivity contribution in [3.8, 4) is 0 Å². The molecule has 2 aliphatic rings. The van der Waals surface area contributed by atoms with Crippen molar-refractivity contribution < 1.29 is 0 Å². The third kappa shape index (κ3) is 3.12. The maximum atomic E-state index is 6.01. The molecule has 0 N–H and O–H groups in total. The molecule has 6 heteroatoms. The van der Waals surface area contributed by atoms with E-state index in [-0.39, 0.29) is 0 Å². The van der Waals surface area contributed by atoms with Crippen LogP contribution in [0.1, 0.15) is 49.0 Å². The van der Waals surface area contributed by atoms with Crippen molar-refractivity contribution in [2.75, 3.05) is 18.0 Å². The first-order chi connectivity index (χ1) is 12.8. The van der Waals surface area contributed by atoms with E-state index >= 15 is 0 Å². The number of pyridine rings is 2. The molecular weight excluding hydrogens is 346 g/mol. The zero-order valence-corrected chi connectivity index (χ0v) is 15.2. The minimum absolute atomic E-state index is 0.470. The zero-order valence-electron chi connectivity index (χ0n) is 14.5. The van der Waals surface area contributed by atoms with Crippen molar-refractivity contribution in [2.45, 2.75) is 37.5 Å². The molecule has 1 saturated heterocycles. The summed E-state index contributed by atoms with van der Waals surface area (Å²) in [4.78, 5) is 20.7. The first-order valence-corrected chi connectivity index (χ1v) is 9.64. The molecule has 4 heterocycles. The zero-order chi connectivity index (χ0) is 17.5. The highest BCUT2D eigenvalue weighted by Gasteiger charge is 2.28. The van der Waals surface area contributed by atoms with E-state index in [2.05, 4.69) is 27.0 Å². The summed E-state index contributed by atoms with van der Waals surface area (Å²) < 4.78 is 0. The van der Waals surface area contributed by atoms with Gasteiger partial charge in [0.15, 0.2) is 5.65 Å². The van der Waals surface area contributed by atoms with Crippen molar-refractivity contribution in [2.24, 2.45) is 0 Å². The molecule has 0 spiro atoms. The first-order valence-electron chi connectivity index (χ1n) is 9.26. The Morgan fingerprint density at radius 3 is 2.58 bits per heavy atom. The Morgan fingerprint density at radius 2 is 1.77 bits per heavy atom. The summed E-state index contributed by atoms with van der Waals surface area (Å²) in [5.74, 6) is 3.15. The van der Waals surface area contributed by atoms with Crippen LogP contribution in [0.3, 0.4) is 0 Å². The highest BCUT2D eigenvalue weighted by Crippen LogP contribution is 2.38. The van der Waals surface area contributed by atoms with Crippen molar-refractivity contribution in [3.05, 3.63) is 53.2 Å². The van der Waals surface area contributed by atoms with Gasteiger partial charge in [0.25, 0.3) is 0 Å². The van der Waals surface area contributed by atoms with Crippen LogP contribution in [-0.4, -0.2) is 33.0 Å². The topological polar surface area (TPSA) is 54.8 Å². The van der Waals surface area contributed by atoms with Crippen LogP contribution >= 0.6 is 11.6 Å². The van der Waals surface area contributed by atoms with E-state index in [4.69, 9.17) is 21.6 Å². The number of anilines is 1. The Hall–Kier alpha value is -2.27. The predicted molar refractivity (Wildman–Crippen MR) is 103 cm³/mol. The summed E-state index contributed by atoms with van der Waals surface area (Å²) in [6.45, 7) is 2.00. The largest absolute Gasteiger partial charge is 0.356 e. The van der Waals surface area contributed by atoms with Gasteiger partial charge >= 0.3 is 0 Å². The molecule has 0 bridgehead atoms. The maximum Gasteiger partial charge on any atom is 0.159 e. The molecule has 0 unspecified atom stereocenters. The minimum atomic E-state index is 0.470. The van der Waals surface area contributed by atoms with Gasteiger partial charge in [0.05, 0.1) is 5.02 Å². The lowest BCUT2D eigenvalue weighted by atomic mass is 9.93. The lowest BCUT2D eigenvalue weighted by Crippen LogP contribution is -2.33. The van der Waals surface area contributed by atoms with Gasteiger partial charge in [-0.05, 0) is 49.9 Å². The molecule has 1 aliphatic heterocycles. The number of aromatic nitrogens is 4. The Morgan fingerprint density at radius 1 is 0.923 bits per heavy atom. The summed E-state index contributed by atoms with van der Waals surface area (Å²) in [5.41, 5.74) is 1.91. The van der Waals surface area contributed by atoms with E-state index in [1.165, 1.54) is 12.8 Å². The van der Waals surface area contributed by atoms with Gasteiger partial charge in [0, 0.05) is 48.4 Å². The average Bonchev–Trinajstić information content (AvgIpc) is 3.53. The fraction of sp³-hybridized carbons (Fsp3) is 0.400. The second kappa shape index (κ2) is 6.47. The van der Waals surface area contributed by atoms with Crippen LogP contribution in [-0.2, 0) is 0 Å². The SMILES string of the molecule is Clc1cnc2nc(C3CCN(c4ccnc(C5CC5)n4)CC3)ccc2c1. The van der Waals surface area contributed by atoms with Gasteiger partial charge in [0.1, 0.15) is 11.6 Å². The second-order valence-electron chi connectivity index (χ2n) is 7.25. The van der Waals surface area contributed by atoms with E-state index in [9.17, 15) is 0 Å². The Kier molecular flexibility index (Phi) is 3.97. The van der Waals surface area contributed by atoms with Crippen molar-refractivity contribution >= 4 is 28.5 Å². The summed E-state index contributed by atoms with van der Waals surface area (Å²) >= 11 is 6.01. The molecule has 132 valence electrons. The van der Waals surface area contributed by atoms with Gasteiger partial charge in [-0.3, -0.25) is 0 Å². The van der Waals surface area contributed by atoms with E-state index in [1.54, 1.807) is 6.20 Å². The second-order valence-corrected chi connectivity index (χ2v) is 7.68. The number of fused-ring (bicyclic) bond motifs is 1. The average molecular weight is 366 g/mol. The van der Waals surface area contributed by atoms with Crippen LogP contribution in [0.15, 0.2) is 36.7 Å². The molecule has 3 aromatic heterocycles. The van der Waals surface area contributed by atoms with Crippen LogP contribution in [0, 0.1) is 0 Å². The van der Waals surface area contributed by atoms with Gasteiger partial charge in [-0.2, -0.15) is 0 Å². The number of piperidine rings is 1. The summed E-state index contributed by atoms with van der Waals surface area (Å²) in [5, 5.41) is 1.64. The molecule has 0 atom stereocenters. The normalized spacial score (nSPS) is 18.4. The molecule has 1 aliphatic carbocycles. The molecule has 1 saturated carbocycles. The minimum Gasteiger partial charge on any atom is -0.356 e. The molecule has 2 fully saturated rings. The molecule has 0 amide bonds. The van der Waals surface area contributed by atoms with Crippen molar-refractivity contribution in [1.29, 1.82) is 0 Å². The van der Waals surface area contributed by atoms with Gasteiger partial charge in [0.2, 0.25) is 0 Å². The number of rotatable bonds is 3. The highest BCUT2D eigenvalue weighted by molar-refractivity contribution is 6.31. The quantitative estimate of drug-likeness (QED) is 0.691. The standard InChI is InChI=1S/C20H20ClN5/c21-16-11-15-3-4-17(24-20(15)23-12-16)13-6-9-26(10-7-13)18-5-8-22-19(25-18)14-1-2-14/h3-5,8,11-14H,1-2,6-7,9-10H2. The number of hydrogen-bond acceptors (Lipinski definition) is 5. The predicted octanol–water partition coefficient (Wildman–Crippen LogP) is 4.33. The van der Waals surface area contributed by atoms with Gasteiger partial charge < -0.3 is 4.90 Å². The van der Waals surface area contributed by atoms with Crippen molar-refractivity contribution in [1.82, 2.24) is 19.9 Å². The lowest BCUT2D eigenvalue weighted by Gasteiger charge is -2.32. The fourth-order valence-corrected chi connectivity index (χ4v) is 3.87. The third-order valence-electron chi connectivity index (χ3n) is 5.37. The Bertz CT molecular complexity index is 948. The van der Waals surface area contributed by atoms with Gasteiger partial charge in [-0.1, -0.05) is 11.6 Å². The third-order valence-corrected chi connectivity index (χ3v) is 5.58. The molecule has 0 aromatic carbocycles. The highest BCUT2D eigenvalue weighted by atomic mass is 35.5.